The number of hydrogen-bond acceptors (Lipinski definition) is 3. The molecule has 2 aromatic rings. The lowest BCUT2D eigenvalue weighted by Crippen LogP contribution is -2.14. The van der Waals surface area contributed by atoms with Gasteiger partial charge in [-0.15, -0.1) is 0 Å². The molecular weight excluding hydrogens is 212 g/mol. The van der Waals surface area contributed by atoms with Gasteiger partial charge in [0.05, 0.1) is 12.8 Å². The maximum absolute atomic E-state index is 5.29. The van der Waals surface area contributed by atoms with Crippen molar-refractivity contribution in [2.75, 3.05) is 7.11 Å². The first-order chi connectivity index (χ1) is 8.40. The number of nitrogens with one attached hydrogen (secondary N) is 1. The molecule has 1 heterocycles. The fourth-order valence-corrected chi connectivity index (χ4v) is 1.68. The van der Waals surface area contributed by atoms with Crippen LogP contribution in [0, 0.1) is 0 Å². The quantitative estimate of drug-likeness (QED) is 0.853. The molecular formula is C14H16N2O. The average molecular weight is 228 g/mol. The highest BCUT2D eigenvalue weighted by Crippen LogP contribution is 2.16. The number of hydrogen-bond donors (Lipinski definition) is 1. The molecule has 1 N–H and O–H groups in total. The Balaban J connectivity index is 1.90. The summed E-state index contributed by atoms with van der Waals surface area (Å²) in [5.41, 5.74) is 2.20. The van der Waals surface area contributed by atoms with Gasteiger partial charge in [0.25, 0.3) is 0 Å². The predicted octanol–water partition coefficient (Wildman–Crippen LogP) is 2.38. The summed E-state index contributed by atoms with van der Waals surface area (Å²) in [5, 5.41) is 3.35. The summed E-state index contributed by atoms with van der Waals surface area (Å²) in [6.45, 7) is 1.54. The van der Waals surface area contributed by atoms with Crippen LogP contribution in [0.15, 0.2) is 48.7 Å². The molecule has 0 amide bonds. The van der Waals surface area contributed by atoms with E-state index in [1.54, 1.807) is 13.3 Å². The van der Waals surface area contributed by atoms with E-state index in [9.17, 15) is 0 Å². The first-order valence-electron chi connectivity index (χ1n) is 5.62. The van der Waals surface area contributed by atoms with Crippen LogP contribution >= 0.6 is 0 Å². The van der Waals surface area contributed by atoms with E-state index in [4.69, 9.17) is 4.74 Å². The molecule has 1 aromatic heterocycles. The number of rotatable bonds is 5. The van der Waals surface area contributed by atoms with Gasteiger partial charge in [0.2, 0.25) is 0 Å². The monoisotopic (exact) mass is 228 g/mol. The third-order valence-corrected chi connectivity index (χ3v) is 2.54. The van der Waals surface area contributed by atoms with Crippen LogP contribution in [0.5, 0.6) is 5.75 Å². The Labute approximate surface area is 101 Å². The van der Waals surface area contributed by atoms with Gasteiger partial charge >= 0.3 is 0 Å². The molecule has 2 rings (SSSR count). The summed E-state index contributed by atoms with van der Waals surface area (Å²) >= 11 is 0. The standard InChI is InChI=1S/C14H16N2O/c1-17-14-8-3-2-6-12(14)10-15-11-13-7-4-5-9-16-13/h2-9,15H,10-11H2,1H3. The van der Waals surface area contributed by atoms with Crippen molar-refractivity contribution in [3.8, 4) is 5.75 Å². The molecule has 0 bridgehead atoms. The molecule has 0 saturated heterocycles. The predicted molar refractivity (Wildman–Crippen MR) is 67.8 cm³/mol. The summed E-state index contributed by atoms with van der Waals surface area (Å²) in [7, 11) is 1.69. The largest absolute Gasteiger partial charge is 0.496 e. The molecule has 88 valence electrons. The Morgan fingerprint density at radius 3 is 2.65 bits per heavy atom. The van der Waals surface area contributed by atoms with Crippen molar-refractivity contribution in [2.45, 2.75) is 13.1 Å². The number of para-hydroxylation sites is 1. The van der Waals surface area contributed by atoms with Crippen LogP contribution in [-0.2, 0) is 13.1 Å². The van der Waals surface area contributed by atoms with Gasteiger partial charge in [0.1, 0.15) is 5.75 Å². The molecule has 0 aliphatic heterocycles. The van der Waals surface area contributed by atoms with E-state index in [0.29, 0.717) is 0 Å². The molecule has 0 aliphatic rings. The van der Waals surface area contributed by atoms with Gasteiger partial charge in [-0.25, -0.2) is 0 Å². The highest BCUT2D eigenvalue weighted by atomic mass is 16.5. The number of pyridine rings is 1. The van der Waals surface area contributed by atoms with Crippen molar-refractivity contribution in [1.82, 2.24) is 10.3 Å². The fraction of sp³-hybridized carbons (Fsp3) is 0.214. The molecule has 0 saturated carbocycles. The molecule has 0 aliphatic carbocycles. The fourth-order valence-electron chi connectivity index (χ4n) is 1.68. The Kier molecular flexibility index (Phi) is 4.11. The van der Waals surface area contributed by atoms with Gasteiger partial charge in [-0.3, -0.25) is 4.98 Å². The van der Waals surface area contributed by atoms with E-state index in [2.05, 4.69) is 16.4 Å². The van der Waals surface area contributed by atoms with Crippen LogP contribution < -0.4 is 10.1 Å². The van der Waals surface area contributed by atoms with Crippen LogP contribution in [0.2, 0.25) is 0 Å². The topological polar surface area (TPSA) is 34.1 Å². The van der Waals surface area contributed by atoms with E-state index in [-0.39, 0.29) is 0 Å². The smallest absolute Gasteiger partial charge is 0.123 e. The third-order valence-electron chi connectivity index (χ3n) is 2.54. The number of nitrogens with zero attached hydrogens (tertiary/aromatic N) is 1. The number of ether oxygens (including phenoxy) is 1. The number of methoxy groups -OCH3 is 1. The van der Waals surface area contributed by atoms with Crippen molar-refractivity contribution >= 4 is 0 Å². The minimum absolute atomic E-state index is 0.763. The molecule has 3 nitrogen and oxygen atoms in total. The minimum atomic E-state index is 0.763. The second kappa shape index (κ2) is 6.01. The van der Waals surface area contributed by atoms with E-state index >= 15 is 0 Å². The Hall–Kier alpha value is -1.87. The number of benzene rings is 1. The molecule has 17 heavy (non-hydrogen) atoms. The second-order valence-electron chi connectivity index (χ2n) is 3.74. The van der Waals surface area contributed by atoms with Crippen LogP contribution in [-0.4, -0.2) is 12.1 Å². The lowest BCUT2D eigenvalue weighted by atomic mass is 10.2. The van der Waals surface area contributed by atoms with E-state index in [1.165, 1.54) is 0 Å². The molecule has 3 heteroatoms. The van der Waals surface area contributed by atoms with Crippen molar-refractivity contribution < 1.29 is 4.74 Å². The lowest BCUT2D eigenvalue weighted by molar-refractivity contribution is 0.407. The lowest BCUT2D eigenvalue weighted by Gasteiger charge is -2.08. The van der Waals surface area contributed by atoms with Crippen LogP contribution in [0.4, 0.5) is 0 Å². The summed E-state index contributed by atoms with van der Waals surface area (Å²) in [6, 6.07) is 13.9. The SMILES string of the molecule is COc1ccccc1CNCc1ccccn1. The van der Waals surface area contributed by atoms with E-state index < -0.39 is 0 Å². The molecule has 0 radical (unpaired) electrons. The van der Waals surface area contributed by atoms with E-state index in [1.807, 2.05) is 36.4 Å². The first kappa shape index (κ1) is 11.6. The molecule has 1 aromatic carbocycles. The summed E-state index contributed by atoms with van der Waals surface area (Å²) in [4.78, 5) is 4.26. The van der Waals surface area contributed by atoms with Crippen LogP contribution in [0.1, 0.15) is 11.3 Å². The maximum atomic E-state index is 5.29. The molecule has 0 atom stereocenters. The maximum Gasteiger partial charge on any atom is 0.123 e. The van der Waals surface area contributed by atoms with Crippen LogP contribution in [0.25, 0.3) is 0 Å². The van der Waals surface area contributed by atoms with E-state index in [0.717, 1.165) is 30.1 Å². The Morgan fingerprint density at radius 1 is 1.06 bits per heavy atom. The van der Waals surface area contributed by atoms with Crippen molar-refractivity contribution in [2.24, 2.45) is 0 Å². The van der Waals surface area contributed by atoms with Gasteiger partial charge < -0.3 is 10.1 Å². The zero-order chi connectivity index (χ0) is 11.9. The average Bonchev–Trinajstić information content (AvgIpc) is 2.40. The second-order valence-corrected chi connectivity index (χ2v) is 3.74. The van der Waals surface area contributed by atoms with Crippen LogP contribution in [0.3, 0.4) is 0 Å². The summed E-state index contributed by atoms with van der Waals surface area (Å²) < 4.78 is 5.29. The first-order valence-corrected chi connectivity index (χ1v) is 5.62. The summed E-state index contributed by atoms with van der Waals surface area (Å²) in [5.74, 6) is 0.918. The van der Waals surface area contributed by atoms with Gasteiger partial charge in [-0.2, -0.15) is 0 Å². The summed E-state index contributed by atoms with van der Waals surface area (Å²) in [6.07, 6.45) is 1.81. The highest BCUT2D eigenvalue weighted by molar-refractivity contribution is 5.32. The minimum Gasteiger partial charge on any atom is -0.496 e. The van der Waals surface area contributed by atoms with Gasteiger partial charge in [-0.05, 0) is 18.2 Å². The molecule has 0 unspecified atom stereocenters. The van der Waals surface area contributed by atoms with Gasteiger partial charge in [0, 0.05) is 24.8 Å². The van der Waals surface area contributed by atoms with Crippen molar-refractivity contribution in [1.29, 1.82) is 0 Å². The zero-order valence-electron chi connectivity index (χ0n) is 9.89. The Bertz CT molecular complexity index is 457. The van der Waals surface area contributed by atoms with Gasteiger partial charge in [-0.1, -0.05) is 24.3 Å². The third kappa shape index (κ3) is 3.29. The Morgan fingerprint density at radius 2 is 1.88 bits per heavy atom. The normalized spacial score (nSPS) is 10.2. The van der Waals surface area contributed by atoms with Crippen molar-refractivity contribution in [3.05, 3.63) is 59.9 Å². The molecule has 0 spiro atoms. The zero-order valence-corrected chi connectivity index (χ0v) is 9.89. The molecule has 0 fully saturated rings. The van der Waals surface area contributed by atoms with Crippen molar-refractivity contribution in [3.63, 3.8) is 0 Å². The highest BCUT2D eigenvalue weighted by Gasteiger charge is 2.00. The number of aromatic nitrogens is 1. The van der Waals surface area contributed by atoms with Gasteiger partial charge in [0.15, 0.2) is 0 Å².